The van der Waals surface area contributed by atoms with Gasteiger partial charge >= 0.3 is 0 Å². The molecule has 5 aromatic rings. The van der Waals surface area contributed by atoms with Crippen LogP contribution in [0, 0.1) is 5.41 Å². The van der Waals surface area contributed by atoms with Crippen LogP contribution in [-0.4, -0.2) is 25.2 Å². The summed E-state index contributed by atoms with van der Waals surface area (Å²) in [6.07, 6.45) is 3.78. The predicted molar refractivity (Wildman–Crippen MR) is 180 cm³/mol. The summed E-state index contributed by atoms with van der Waals surface area (Å²) in [5.41, 5.74) is 0.231. The second-order valence-corrected chi connectivity index (χ2v) is 23.1. The zero-order valence-corrected chi connectivity index (χ0v) is 25.6. The van der Waals surface area contributed by atoms with E-state index in [0.29, 0.717) is 0 Å². The smallest absolute Gasteiger partial charge is 0.0622 e. The van der Waals surface area contributed by atoms with E-state index in [1.165, 1.54) is 29.1 Å². The van der Waals surface area contributed by atoms with Crippen LogP contribution < -0.4 is 26.5 Å². The number of hydrogen-bond acceptors (Lipinski definition) is 0. The van der Waals surface area contributed by atoms with Crippen molar-refractivity contribution in [3.63, 3.8) is 0 Å². The lowest BCUT2D eigenvalue weighted by Crippen LogP contribution is -2.35. The highest BCUT2D eigenvalue weighted by atomic mass is 32.1. The summed E-state index contributed by atoms with van der Waals surface area (Å²) in [5, 5.41) is 7.77. The molecule has 5 aromatic carbocycles. The molecule has 1 saturated heterocycles. The molecule has 0 saturated carbocycles. The molecule has 0 amide bonds. The first-order chi connectivity index (χ1) is 19.0. The molecule has 6 rings (SSSR count). The highest BCUT2D eigenvalue weighted by Gasteiger charge is 2.64. The van der Waals surface area contributed by atoms with Gasteiger partial charge in [0.1, 0.15) is 17.6 Å². The molecule has 0 spiro atoms. The van der Waals surface area contributed by atoms with Crippen molar-refractivity contribution in [3.8, 4) is 0 Å². The Bertz CT molecular complexity index is 1410. The number of rotatable bonds is 7. The molecule has 2 atom stereocenters. The zero-order valence-electron chi connectivity index (χ0n) is 22.9. The first kappa shape index (κ1) is 26.6. The van der Waals surface area contributed by atoms with Gasteiger partial charge in [0, 0.05) is 16.9 Å². The maximum Gasteiger partial charge on any atom is 0.103 e. The maximum atomic E-state index is 2.63. The van der Waals surface area contributed by atoms with Crippen molar-refractivity contribution < 1.29 is 0 Å². The molecule has 194 valence electrons. The van der Waals surface area contributed by atoms with Gasteiger partial charge in [0.05, 0.1) is 44.5 Å². The van der Waals surface area contributed by atoms with Crippen molar-refractivity contribution in [1.82, 2.24) is 0 Å². The summed E-state index contributed by atoms with van der Waals surface area (Å²) in [7, 11) is -2.01. The normalized spacial score (nSPS) is 20.5. The number of benzene rings is 5. The lowest BCUT2D eigenvalue weighted by atomic mass is 9.99. The fourth-order valence-corrected chi connectivity index (χ4v) is 25.0. The molecule has 0 nitrogen and oxygen atoms in total. The van der Waals surface area contributed by atoms with Crippen molar-refractivity contribution in [1.29, 1.82) is 0 Å². The Hall–Kier alpha value is -2.61. The molecule has 1 aliphatic heterocycles. The maximum absolute atomic E-state index is 2.63. The first-order valence-corrected chi connectivity index (χ1v) is 20.5. The van der Waals surface area contributed by atoms with Crippen LogP contribution in [0.3, 0.4) is 0 Å². The van der Waals surface area contributed by atoms with Crippen LogP contribution in [0.5, 0.6) is 0 Å². The molecule has 1 heterocycles. The average molecular weight is 563 g/mol. The molecule has 3 heteroatoms. The Morgan fingerprint density at radius 1 is 0.590 bits per heavy atom. The Morgan fingerprint density at radius 2 is 0.974 bits per heavy atom. The van der Waals surface area contributed by atoms with Gasteiger partial charge in [-0.1, -0.05) is 110 Å². The molecular formula is C36H37P3+2. The minimum atomic E-state index is -1.69. The second kappa shape index (κ2) is 11.1. The topological polar surface area (TPSA) is 0 Å². The molecule has 1 fully saturated rings. The third kappa shape index (κ3) is 5.05. The quantitative estimate of drug-likeness (QED) is 0.178. The minimum absolute atomic E-state index is 0.231. The van der Waals surface area contributed by atoms with Crippen LogP contribution in [-0.2, 0) is 0 Å². The van der Waals surface area contributed by atoms with Crippen molar-refractivity contribution in [2.45, 2.75) is 6.92 Å². The SMILES string of the molecule is C[C@]1(C[P+](C)(c2ccccc2)c2ccccc2)CP(c2ccccc2)[P+](c2ccccc2)(c2ccccc2)C1. The van der Waals surface area contributed by atoms with E-state index in [1.807, 2.05) is 0 Å². The monoisotopic (exact) mass is 562 g/mol. The standard InChI is InChI=1S/C36H37P3/c1-36(29-38(2,32-20-10-4-11-21-32)33-22-12-5-13-23-33)28-37(31-18-8-3-9-19-31)39(30-36,34-24-14-6-15-25-34)35-26-16-7-17-27-35/h3-27H,28-30H2,1-2H3/q+2/t36-,37?/m1/s1. The molecule has 0 bridgehead atoms. The van der Waals surface area contributed by atoms with Crippen LogP contribution in [0.2, 0.25) is 0 Å². The fourth-order valence-electron chi connectivity index (χ4n) is 6.73. The molecule has 0 radical (unpaired) electrons. The van der Waals surface area contributed by atoms with E-state index in [1.54, 1.807) is 15.9 Å². The highest BCUT2D eigenvalue weighted by Crippen LogP contribution is 2.89. The van der Waals surface area contributed by atoms with Crippen LogP contribution >= 0.6 is 21.8 Å². The van der Waals surface area contributed by atoms with Gasteiger partial charge in [0.2, 0.25) is 0 Å². The molecule has 0 aliphatic carbocycles. The van der Waals surface area contributed by atoms with Gasteiger partial charge in [-0.3, -0.25) is 0 Å². The van der Waals surface area contributed by atoms with Crippen LogP contribution in [0.25, 0.3) is 0 Å². The van der Waals surface area contributed by atoms with Crippen molar-refractivity contribution >= 4 is 48.3 Å². The summed E-state index contributed by atoms with van der Waals surface area (Å²) >= 11 is 0. The molecular weight excluding hydrogens is 525 g/mol. The largest absolute Gasteiger partial charge is 0.103 e. The molecule has 39 heavy (non-hydrogen) atoms. The van der Waals surface area contributed by atoms with E-state index in [2.05, 4.69) is 165 Å². The summed E-state index contributed by atoms with van der Waals surface area (Å²) in [6, 6.07) is 57.5. The van der Waals surface area contributed by atoms with E-state index in [4.69, 9.17) is 0 Å². The molecule has 1 aliphatic rings. The summed E-state index contributed by atoms with van der Waals surface area (Å²) in [5.74, 6) is 0. The summed E-state index contributed by atoms with van der Waals surface area (Å²) in [4.78, 5) is 0. The third-order valence-electron chi connectivity index (χ3n) is 8.33. The Morgan fingerprint density at radius 3 is 1.41 bits per heavy atom. The fraction of sp³-hybridized carbons (Fsp3) is 0.167. The van der Waals surface area contributed by atoms with Crippen molar-refractivity contribution in [3.05, 3.63) is 152 Å². The van der Waals surface area contributed by atoms with Gasteiger partial charge in [-0.05, 0) is 48.5 Å². The van der Waals surface area contributed by atoms with Gasteiger partial charge < -0.3 is 0 Å². The molecule has 1 unspecified atom stereocenters. The van der Waals surface area contributed by atoms with Crippen molar-refractivity contribution in [2.75, 3.05) is 25.2 Å². The minimum Gasteiger partial charge on any atom is -0.0622 e. The lowest BCUT2D eigenvalue weighted by Gasteiger charge is -2.32. The predicted octanol–water partition coefficient (Wildman–Crippen LogP) is 7.70. The second-order valence-electron chi connectivity index (χ2n) is 11.3. The Balaban J connectivity index is 1.53. The molecule has 0 N–H and O–H groups in total. The Kier molecular flexibility index (Phi) is 7.58. The Labute approximate surface area is 236 Å². The van der Waals surface area contributed by atoms with Crippen molar-refractivity contribution in [2.24, 2.45) is 5.41 Å². The summed E-state index contributed by atoms with van der Waals surface area (Å²) < 4.78 is 0. The van der Waals surface area contributed by atoms with E-state index >= 15 is 0 Å². The third-order valence-corrected chi connectivity index (χ3v) is 24.3. The van der Waals surface area contributed by atoms with Gasteiger partial charge in [-0.15, -0.1) is 0 Å². The number of hydrogen-bond donors (Lipinski definition) is 0. The molecule has 0 aromatic heterocycles. The lowest BCUT2D eigenvalue weighted by molar-refractivity contribution is 0.502. The van der Waals surface area contributed by atoms with Gasteiger partial charge in [-0.2, -0.15) is 0 Å². The zero-order chi connectivity index (χ0) is 26.8. The highest BCUT2D eigenvalue weighted by molar-refractivity contribution is 8.48. The van der Waals surface area contributed by atoms with Gasteiger partial charge in [-0.25, -0.2) is 0 Å². The average Bonchev–Trinajstić information content (AvgIpc) is 3.33. The van der Waals surface area contributed by atoms with Gasteiger partial charge in [0.15, 0.2) is 0 Å². The first-order valence-electron chi connectivity index (χ1n) is 13.8. The van der Waals surface area contributed by atoms with Crippen LogP contribution in [0.1, 0.15) is 6.92 Å². The van der Waals surface area contributed by atoms with E-state index in [9.17, 15) is 0 Å². The van der Waals surface area contributed by atoms with E-state index < -0.39 is 21.8 Å². The van der Waals surface area contributed by atoms with E-state index in [0.717, 1.165) is 0 Å². The van der Waals surface area contributed by atoms with Gasteiger partial charge in [0.25, 0.3) is 0 Å². The van der Waals surface area contributed by atoms with E-state index in [-0.39, 0.29) is 5.41 Å². The summed E-state index contributed by atoms with van der Waals surface area (Å²) in [6.45, 7) is 3.53. The van der Waals surface area contributed by atoms with Crippen LogP contribution in [0.4, 0.5) is 0 Å². The van der Waals surface area contributed by atoms with Crippen LogP contribution in [0.15, 0.2) is 152 Å².